The first kappa shape index (κ1) is 25.5. The van der Waals surface area contributed by atoms with Crippen molar-refractivity contribution >= 4 is 41.5 Å². The van der Waals surface area contributed by atoms with Crippen LogP contribution in [0.5, 0.6) is 5.75 Å². The van der Waals surface area contributed by atoms with Gasteiger partial charge in [-0.15, -0.1) is 0 Å². The average Bonchev–Trinajstić information content (AvgIpc) is 2.81. The molecular weight excluding hydrogens is 499 g/mol. The molecule has 172 valence electrons. The van der Waals surface area contributed by atoms with Crippen LogP contribution in [0.2, 0.25) is 0 Å². The second-order valence-electron chi connectivity index (χ2n) is 5.59. The van der Waals surface area contributed by atoms with Crippen molar-refractivity contribution in [3.05, 3.63) is 11.0 Å². The van der Waals surface area contributed by atoms with Crippen molar-refractivity contribution in [2.75, 3.05) is 12.3 Å². The van der Waals surface area contributed by atoms with E-state index in [0.29, 0.717) is 0 Å². The van der Waals surface area contributed by atoms with E-state index in [1.165, 1.54) is 0 Å². The van der Waals surface area contributed by atoms with Gasteiger partial charge in [0.2, 0.25) is 4.77 Å². The molecule has 2 heterocycles. The number of hydrogen-bond acceptors (Lipinski definition) is 13. The van der Waals surface area contributed by atoms with Gasteiger partial charge in [0, 0.05) is 0 Å². The number of aliphatic hydroxyl groups is 3. The van der Waals surface area contributed by atoms with Crippen molar-refractivity contribution in [2.45, 2.75) is 24.5 Å². The number of phosphoric ester groups is 1. The van der Waals surface area contributed by atoms with Crippen molar-refractivity contribution in [2.24, 2.45) is 0 Å². The third-order valence-electron chi connectivity index (χ3n) is 3.37. The van der Waals surface area contributed by atoms with E-state index in [-0.39, 0.29) is 4.77 Å². The van der Waals surface area contributed by atoms with Gasteiger partial charge in [0.05, 0.1) is 12.8 Å². The summed E-state index contributed by atoms with van der Waals surface area (Å²) in [5.74, 6) is -1.44. The topological polar surface area (TPSA) is 274 Å². The Morgan fingerprint density at radius 1 is 1.13 bits per heavy atom. The Labute approximate surface area is 171 Å². The van der Waals surface area contributed by atoms with Crippen LogP contribution in [-0.4, -0.2) is 69.4 Å². The van der Waals surface area contributed by atoms with Gasteiger partial charge in [-0.05, 0) is 12.2 Å². The molecule has 0 amide bonds. The van der Waals surface area contributed by atoms with Gasteiger partial charge >= 0.3 is 23.5 Å². The van der Waals surface area contributed by atoms with E-state index < -0.39 is 66.2 Å². The van der Waals surface area contributed by atoms with Crippen LogP contribution in [0.3, 0.4) is 0 Å². The summed E-state index contributed by atoms with van der Waals surface area (Å²) < 4.78 is 51.3. The lowest BCUT2D eigenvalue weighted by atomic mass is 10.1. The minimum Gasteiger partial charge on any atom is -0.398 e. The molecule has 1 saturated heterocycles. The quantitative estimate of drug-likeness (QED) is 0.145. The monoisotopic (exact) mass is 515 g/mol. The molecule has 1 fully saturated rings. The number of nitrogens with zero attached hydrogens (tertiary/aromatic N) is 2. The van der Waals surface area contributed by atoms with Gasteiger partial charge in [-0.2, -0.15) is 13.6 Å². The molecule has 30 heavy (non-hydrogen) atoms. The first-order valence-corrected chi connectivity index (χ1v) is 12.3. The SMILES string of the molecule is Nc1nc(=S)n([C@@H]2O[C@H](CO)[C@@H](O)[C@H]2O)cc1OP(=O)(O)OP(=O)(O)OP(=O)(O)O. The Morgan fingerprint density at radius 2 is 1.73 bits per heavy atom. The van der Waals surface area contributed by atoms with E-state index in [0.717, 1.165) is 10.8 Å². The minimum atomic E-state index is -5.78. The van der Waals surface area contributed by atoms with Crippen molar-refractivity contribution in [1.29, 1.82) is 0 Å². The summed E-state index contributed by atoms with van der Waals surface area (Å²) in [6.07, 6.45) is -5.03. The van der Waals surface area contributed by atoms with Crippen LogP contribution in [0.25, 0.3) is 0 Å². The normalized spacial score (nSPS) is 28.6. The standard InChI is InChI=1S/C9H16N3O14P3S/c10-7-3(24-28(19,20)26-29(21,22)25-27(16,17)18)1-12(9(30)11-7)8-6(15)5(14)4(2-13)23-8/h1,4-6,8,13-15H,2H2,(H,19,20)(H,21,22)(H2,10,11,30)(H2,16,17,18)/t4-,5-,6-,8-/m1/s1. The molecular formula is C9H16N3O14P3S. The maximum Gasteiger partial charge on any atom is 0.536 e. The first-order valence-electron chi connectivity index (χ1n) is 7.40. The van der Waals surface area contributed by atoms with Crippen LogP contribution in [0.1, 0.15) is 6.23 Å². The predicted molar refractivity (Wildman–Crippen MR) is 95.0 cm³/mol. The van der Waals surface area contributed by atoms with Crippen LogP contribution < -0.4 is 10.3 Å². The molecule has 1 aliphatic rings. The molecule has 0 bridgehead atoms. The molecule has 21 heteroatoms. The van der Waals surface area contributed by atoms with E-state index in [1.807, 2.05) is 0 Å². The molecule has 6 atom stereocenters. The molecule has 0 saturated carbocycles. The zero-order chi connectivity index (χ0) is 23.1. The largest absolute Gasteiger partial charge is 0.536 e. The summed E-state index contributed by atoms with van der Waals surface area (Å²) in [6, 6.07) is 0. The molecule has 17 nitrogen and oxygen atoms in total. The molecule has 0 spiro atoms. The number of aromatic nitrogens is 2. The van der Waals surface area contributed by atoms with Crippen LogP contribution in [0, 0.1) is 4.77 Å². The molecule has 1 aliphatic heterocycles. The minimum absolute atomic E-state index is 0.360. The van der Waals surface area contributed by atoms with Crippen LogP contribution >= 0.6 is 35.7 Å². The first-order chi connectivity index (χ1) is 13.6. The molecule has 1 aromatic rings. The number of aliphatic hydroxyl groups excluding tert-OH is 3. The molecule has 9 N–H and O–H groups in total. The number of phosphoric acid groups is 3. The number of hydrogen-bond donors (Lipinski definition) is 8. The van der Waals surface area contributed by atoms with Crippen molar-refractivity contribution < 1.29 is 66.5 Å². The Bertz CT molecular complexity index is 997. The number of rotatable bonds is 8. The lowest BCUT2D eigenvalue weighted by Crippen LogP contribution is -2.33. The maximum atomic E-state index is 11.9. The Hall–Kier alpha value is -0.810. The molecule has 0 aromatic carbocycles. The molecule has 2 unspecified atom stereocenters. The third-order valence-corrected chi connectivity index (χ3v) is 7.42. The average molecular weight is 515 g/mol. The van der Waals surface area contributed by atoms with Gasteiger partial charge < -0.3 is 45.0 Å². The molecule has 0 aliphatic carbocycles. The van der Waals surface area contributed by atoms with Gasteiger partial charge in [-0.25, -0.2) is 13.7 Å². The van der Waals surface area contributed by atoms with Gasteiger partial charge in [0.1, 0.15) is 18.3 Å². The Balaban J connectivity index is 2.32. The number of nitrogen functional groups attached to an aromatic ring is 1. The van der Waals surface area contributed by atoms with E-state index >= 15 is 0 Å². The fraction of sp³-hybridized carbons (Fsp3) is 0.556. The highest BCUT2D eigenvalue weighted by Gasteiger charge is 2.44. The fourth-order valence-electron chi connectivity index (χ4n) is 2.25. The predicted octanol–water partition coefficient (Wildman–Crippen LogP) is -1.49. The Kier molecular flexibility index (Phi) is 7.61. The smallest absolute Gasteiger partial charge is 0.398 e. The highest BCUT2D eigenvalue weighted by molar-refractivity contribution is 7.71. The van der Waals surface area contributed by atoms with E-state index in [9.17, 15) is 28.8 Å². The zero-order valence-electron chi connectivity index (χ0n) is 14.3. The summed E-state index contributed by atoms with van der Waals surface area (Å²) in [5.41, 5.74) is 5.49. The second-order valence-corrected chi connectivity index (χ2v) is 10.3. The second kappa shape index (κ2) is 8.97. The zero-order valence-corrected chi connectivity index (χ0v) is 17.8. The summed E-state index contributed by atoms with van der Waals surface area (Å²) in [4.78, 5) is 39.4. The van der Waals surface area contributed by atoms with Crippen LogP contribution in [0.4, 0.5) is 5.82 Å². The number of anilines is 1. The highest BCUT2D eigenvalue weighted by Crippen LogP contribution is 2.66. The van der Waals surface area contributed by atoms with Crippen molar-refractivity contribution in [1.82, 2.24) is 9.55 Å². The number of nitrogens with two attached hydrogens (primary N) is 1. The maximum absolute atomic E-state index is 11.9. The lowest BCUT2D eigenvalue weighted by Gasteiger charge is -2.21. The summed E-state index contributed by atoms with van der Waals surface area (Å²) >= 11 is 4.92. The lowest BCUT2D eigenvalue weighted by molar-refractivity contribution is -0.0542. The summed E-state index contributed by atoms with van der Waals surface area (Å²) in [7, 11) is -17.0. The summed E-state index contributed by atoms with van der Waals surface area (Å²) in [5, 5.41) is 29.0. The Morgan fingerprint density at radius 3 is 2.23 bits per heavy atom. The van der Waals surface area contributed by atoms with E-state index in [2.05, 4.69) is 18.1 Å². The fourth-order valence-corrected chi connectivity index (χ4v) is 5.53. The van der Waals surface area contributed by atoms with Crippen molar-refractivity contribution in [3.63, 3.8) is 0 Å². The van der Waals surface area contributed by atoms with Gasteiger partial charge in [0.15, 0.2) is 17.8 Å². The third kappa shape index (κ3) is 6.35. The van der Waals surface area contributed by atoms with E-state index in [1.54, 1.807) is 0 Å². The summed E-state index contributed by atoms with van der Waals surface area (Å²) in [6.45, 7) is -0.668. The molecule has 2 rings (SSSR count). The van der Waals surface area contributed by atoms with Crippen molar-refractivity contribution in [3.8, 4) is 5.75 Å². The van der Waals surface area contributed by atoms with Gasteiger partial charge in [-0.1, -0.05) is 0 Å². The highest BCUT2D eigenvalue weighted by atomic mass is 32.1. The van der Waals surface area contributed by atoms with Gasteiger partial charge in [-0.3, -0.25) is 9.46 Å². The van der Waals surface area contributed by atoms with Gasteiger partial charge in [0.25, 0.3) is 0 Å². The van der Waals surface area contributed by atoms with Crippen LogP contribution in [0.15, 0.2) is 6.20 Å². The molecule has 1 aromatic heterocycles. The van der Waals surface area contributed by atoms with E-state index in [4.69, 9.17) is 42.5 Å². The van der Waals surface area contributed by atoms with Crippen LogP contribution in [-0.2, 0) is 27.1 Å². The molecule has 0 radical (unpaired) electrons. The number of ether oxygens (including phenoxy) is 1.